The molecule has 0 N–H and O–H groups in total. The number of ether oxygens (including phenoxy) is 1. The van der Waals surface area contributed by atoms with Crippen molar-refractivity contribution in [2.45, 2.75) is 12.5 Å². The van der Waals surface area contributed by atoms with Gasteiger partial charge in [-0.25, -0.2) is 13.4 Å². The number of carbonyl (C=O) groups is 1. The van der Waals surface area contributed by atoms with Gasteiger partial charge in [0.1, 0.15) is 5.69 Å². The second kappa shape index (κ2) is 6.48. The van der Waals surface area contributed by atoms with Gasteiger partial charge in [-0.15, -0.1) is 0 Å². The van der Waals surface area contributed by atoms with Gasteiger partial charge in [0, 0.05) is 19.7 Å². The van der Waals surface area contributed by atoms with E-state index in [2.05, 4.69) is 4.98 Å². The van der Waals surface area contributed by atoms with Crippen LogP contribution in [0, 0.1) is 5.95 Å². The molecule has 1 amide bonds. The Balaban J connectivity index is 2.21. The van der Waals surface area contributed by atoms with Crippen LogP contribution in [0.4, 0.5) is 4.39 Å². The fraction of sp³-hybridized carbons (Fsp3) is 0.538. The minimum absolute atomic E-state index is 0.0320. The average Bonchev–Trinajstić information content (AvgIpc) is 2.79. The fourth-order valence-corrected chi connectivity index (χ4v) is 4.07. The van der Waals surface area contributed by atoms with Gasteiger partial charge in [-0.1, -0.05) is 6.07 Å². The molecule has 6 nitrogen and oxygen atoms in total. The lowest BCUT2D eigenvalue weighted by atomic mass is 10.2. The van der Waals surface area contributed by atoms with Gasteiger partial charge in [0.15, 0.2) is 9.84 Å². The number of hydrogen-bond donors (Lipinski definition) is 0. The van der Waals surface area contributed by atoms with Crippen LogP contribution in [0.5, 0.6) is 0 Å². The summed E-state index contributed by atoms with van der Waals surface area (Å²) in [5.74, 6) is -1.23. The van der Waals surface area contributed by atoms with E-state index in [1.165, 1.54) is 24.1 Å². The van der Waals surface area contributed by atoms with Gasteiger partial charge < -0.3 is 9.64 Å². The van der Waals surface area contributed by atoms with Crippen molar-refractivity contribution in [2.24, 2.45) is 0 Å². The first kappa shape index (κ1) is 15.8. The third-order valence-electron chi connectivity index (χ3n) is 3.38. The van der Waals surface area contributed by atoms with Crippen LogP contribution < -0.4 is 0 Å². The van der Waals surface area contributed by atoms with Crippen LogP contribution in [0.2, 0.25) is 0 Å². The van der Waals surface area contributed by atoms with E-state index in [-0.39, 0.29) is 30.4 Å². The lowest BCUT2D eigenvalue weighted by Gasteiger charge is -2.27. The van der Waals surface area contributed by atoms with Crippen molar-refractivity contribution in [1.29, 1.82) is 0 Å². The molecule has 0 saturated carbocycles. The zero-order chi connectivity index (χ0) is 15.5. The molecule has 0 bridgehead atoms. The quantitative estimate of drug-likeness (QED) is 0.739. The van der Waals surface area contributed by atoms with Crippen LogP contribution in [-0.2, 0) is 14.6 Å². The van der Waals surface area contributed by atoms with Crippen molar-refractivity contribution < 1.29 is 22.3 Å². The molecule has 1 saturated heterocycles. The highest BCUT2D eigenvalue weighted by Crippen LogP contribution is 2.19. The van der Waals surface area contributed by atoms with E-state index in [4.69, 9.17) is 4.74 Å². The second-order valence-corrected chi connectivity index (χ2v) is 7.12. The number of amides is 1. The third kappa shape index (κ3) is 3.98. The standard InChI is InChI=1S/C13H17FN2O4S/c1-20-7-6-16(10-5-8-21(18,19)9-10)13(17)11-3-2-4-12(14)15-11/h2-4,10H,5-9H2,1H3. The van der Waals surface area contributed by atoms with Gasteiger partial charge in [0.05, 0.1) is 18.1 Å². The van der Waals surface area contributed by atoms with E-state index in [1.54, 1.807) is 0 Å². The predicted octanol–water partition coefficient (Wildman–Crippen LogP) is 0.496. The number of sulfone groups is 1. The van der Waals surface area contributed by atoms with E-state index in [1.807, 2.05) is 0 Å². The molecule has 1 unspecified atom stereocenters. The second-order valence-electron chi connectivity index (χ2n) is 4.89. The lowest BCUT2D eigenvalue weighted by molar-refractivity contribution is 0.0617. The Hall–Kier alpha value is -1.54. The fourth-order valence-electron chi connectivity index (χ4n) is 2.34. The van der Waals surface area contributed by atoms with Crippen molar-refractivity contribution >= 4 is 15.7 Å². The molecule has 0 aromatic carbocycles. The summed E-state index contributed by atoms with van der Waals surface area (Å²) in [5, 5.41) is 0. The Labute approximate surface area is 122 Å². The van der Waals surface area contributed by atoms with Crippen molar-refractivity contribution in [3.8, 4) is 0 Å². The number of carbonyl (C=O) groups excluding carboxylic acids is 1. The summed E-state index contributed by atoms with van der Waals surface area (Å²) in [6.07, 6.45) is 0.382. The number of methoxy groups -OCH3 is 1. The highest BCUT2D eigenvalue weighted by Gasteiger charge is 2.35. The number of rotatable bonds is 5. The molecule has 8 heteroatoms. The normalized spacial score (nSPS) is 20.4. The maximum Gasteiger partial charge on any atom is 0.272 e. The minimum atomic E-state index is -3.12. The Bertz CT molecular complexity index is 620. The van der Waals surface area contributed by atoms with Gasteiger partial charge >= 0.3 is 0 Å². The molecule has 2 heterocycles. The SMILES string of the molecule is COCCN(C(=O)c1cccc(F)n1)C1CCS(=O)(=O)C1. The molecular formula is C13H17FN2O4S. The molecule has 0 aliphatic carbocycles. The number of nitrogens with zero attached hydrogens (tertiary/aromatic N) is 2. The van der Waals surface area contributed by atoms with Crippen molar-refractivity contribution in [3.05, 3.63) is 29.8 Å². The van der Waals surface area contributed by atoms with E-state index < -0.39 is 27.7 Å². The predicted molar refractivity (Wildman–Crippen MR) is 74.2 cm³/mol. The zero-order valence-corrected chi connectivity index (χ0v) is 12.5. The summed E-state index contributed by atoms with van der Waals surface area (Å²) in [7, 11) is -1.62. The largest absolute Gasteiger partial charge is 0.383 e. The Morgan fingerprint density at radius 1 is 1.52 bits per heavy atom. The van der Waals surface area contributed by atoms with Crippen molar-refractivity contribution in [3.63, 3.8) is 0 Å². The van der Waals surface area contributed by atoms with E-state index in [0.717, 1.165) is 6.07 Å². The first-order valence-corrected chi connectivity index (χ1v) is 8.38. The first-order chi connectivity index (χ1) is 9.93. The molecule has 0 spiro atoms. The molecule has 21 heavy (non-hydrogen) atoms. The van der Waals surface area contributed by atoms with Crippen LogP contribution in [0.3, 0.4) is 0 Å². The summed E-state index contributed by atoms with van der Waals surface area (Å²) >= 11 is 0. The topological polar surface area (TPSA) is 76.6 Å². The van der Waals surface area contributed by atoms with Crippen LogP contribution in [-0.4, -0.2) is 62.0 Å². The van der Waals surface area contributed by atoms with Crippen LogP contribution >= 0.6 is 0 Å². The van der Waals surface area contributed by atoms with Gasteiger partial charge in [-0.05, 0) is 18.6 Å². The molecule has 1 aliphatic rings. The van der Waals surface area contributed by atoms with E-state index in [9.17, 15) is 17.6 Å². The molecule has 1 atom stereocenters. The molecule has 1 aromatic heterocycles. The smallest absolute Gasteiger partial charge is 0.272 e. The Kier molecular flexibility index (Phi) is 4.89. The highest BCUT2D eigenvalue weighted by molar-refractivity contribution is 7.91. The summed E-state index contributed by atoms with van der Waals surface area (Å²) in [4.78, 5) is 17.4. The molecule has 2 rings (SSSR count). The van der Waals surface area contributed by atoms with Crippen molar-refractivity contribution in [2.75, 3.05) is 31.8 Å². The monoisotopic (exact) mass is 316 g/mol. The summed E-state index contributed by atoms with van der Waals surface area (Å²) in [6, 6.07) is 3.54. The Morgan fingerprint density at radius 2 is 2.29 bits per heavy atom. The first-order valence-electron chi connectivity index (χ1n) is 6.56. The molecular weight excluding hydrogens is 299 g/mol. The maximum atomic E-state index is 13.1. The Morgan fingerprint density at radius 3 is 2.86 bits per heavy atom. The molecule has 0 radical (unpaired) electrons. The van der Waals surface area contributed by atoms with Gasteiger partial charge in [0.25, 0.3) is 5.91 Å². The number of hydrogen-bond acceptors (Lipinski definition) is 5. The number of halogens is 1. The highest BCUT2D eigenvalue weighted by atomic mass is 32.2. The van der Waals surface area contributed by atoms with Crippen LogP contribution in [0.25, 0.3) is 0 Å². The molecule has 1 aromatic rings. The number of pyridine rings is 1. The maximum absolute atomic E-state index is 13.1. The summed E-state index contributed by atoms with van der Waals surface area (Å²) < 4.78 is 41.3. The third-order valence-corrected chi connectivity index (χ3v) is 5.13. The summed E-state index contributed by atoms with van der Waals surface area (Å²) in [6.45, 7) is 0.519. The van der Waals surface area contributed by atoms with E-state index in [0.29, 0.717) is 6.42 Å². The zero-order valence-electron chi connectivity index (χ0n) is 11.7. The summed E-state index contributed by atoms with van der Waals surface area (Å²) in [5.41, 5.74) is -0.0320. The van der Waals surface area contributed by atoms with Crippen molar-refractivity contribution in [1.82, 2.24) is 9.88 Å². The van der Waals surface area contributed by atoms with Gasteiger partial charge in [0.2, 0.25) is 5.95 Å². The van der Waals surface area contributed by atoms with Crippen LogP contribution in [0.15, 0.2) is 18.2 Å². The molecule has 116 valence electrons. The average molecular weight is 316 g/mol. The molecule has 1 aliphatic heterocycles. The molecule has 1 fully saturated rings. The number of aromatic nitrogens is 1. The minimum Gasteiger partial charge on any atom is -0.383 e. The van der Waals surface area contributed by atoms with Gasteiger partial charge in [-0.2, -0.15) is 4.39 Å². The van der Waals surface area contributed by atoms with Crippen LogP contribution in [0.1, 0.15) is 16.9 Å². The lowest BCUT2D eigenvalue weighted by Crippen LogP contribution is -2.43. The van der Waals surface area contributed by atoms with Gasteiger partial charge in [-0.3, -0.25) is 4.79 Å². The van der Waals surface area contributed by atoms with E-state index >= 15 is 0 Å².